The Hall–Kier alpha value is -7.92. The Balaban J connectivity index is 0.982. The van der Waals surface area contributed by atoms with E-state index in [1.165, 1.54) is 9.80 Å². The Morgan fingerprint density at radius 1 is 0.562 bits per heavy atom. The van der Waals surface area contributed by atoms with Crippen LogP contribution < -0.4 is 42.0 Å². The van der Waals surface area contributed by atoms with E-state index >= 15 is 9.59 Å². The van der Waals surface area contributed by atoms with Crippen molar-refractivity contribution >= 4 is 77.0 Å². The smallest absolute Gasteiger partial charge is 0.345 e. The van der Waals surface area contributed by atoms with Gasteiger partial charge in [0.1, 0.15) is 45.6 Å². The lowest BCUT2D eigenvalue weighted by molar-refractivity contribution is -0.121. The van der Waals surface area contributed by atoms with Gasteiger partial charge in [-0.3, -0.25) is 9.59 Å². The highest BCUT2D eigenvalue weighted by atomic mass is 79.9. The molecule has 2 atom stereocenters. The fraction of sp³-hybridized carbons (Fsp3) is 0.0833. The summed E-state index contributed by atoms with van der Waals surface area (Å²) in [7, 11) is 0. The molecule has 2 amide bonds. The van der Waals surface area contributed by atoms with Gasteiger partial charge < -0.3 is 39.6 Å². The molecule has 0 saturated heterocycles. The standard InChI is InChI=1S/C48H26Br2N6O8/c49-25-13-15-33-29(17-25)47(31(19-51)41(53)63-39-27-5-1-3-7-35(27)61-43(57)37(39)47)45(59)55(33)21-23-9-11-24(12-10-23)22-56-34-16-14-26(50)18-30(34)48(46(56)60)32(20-52)42(54)64-40-28-6-2-4-8-36(28)62-44(58)38(40)48/h1-18H,21-22,53-54H2. The third-order valence-corrected chi connectivity index (χ3v) is 13.3. The summed E-state index contributed by atoms with van der Waals surface area (Å²) in [4.78, 5) is 61.4. The van der Waals surface area contributed by atoms with Gasteiger partial charge in [-0.2, -0.15) is 10.5 Å². The second kappa shape index (κ2) is 13.8. The van der Waals surface area contributed by atoms with Crippen molar-refractivity contribution in [3.05, 3.63) is 195 Å². The third kappa shape index (κ3) is 5.03. The highest BCUT2D eigenvalue weighted by Gasteiger charge is 2.63. The van der Waals surface area contributed by atoms with Crippen molar-refractivity contribution in [1.29, 1.82) is 10.5 Å². The predicted octanol–water partition coefficient (Wildman–Crippen LogP) is 7.26. The maximum Gasteiger partial charge on any atom is 0.345 e. The monoisotopic (exact) mass is 972 g/mol. The molecule has 0 aliphatic carbocycles. The van der Waals surface area contributed by atoms with E-state index in [9.17, 15) is 20.1 Å². The van der Waals surface area contributed by atoms with Gasteiger partial charge in [0.05, 0.1) is 23.9 Å². The van der Waals surface area contributed by atoms with E-state index in [-0.39, 0.29) is 69.8 Å². The average molecular weight is 975 g/mol. The second-order valence-corrected chi connectivity index (χ2v) is 17.3. The molecule has 4 aliphatic heterocycles. The molecule has 0 radical (unpaired) electrons. The molecule has 2 spiro atoms. The molecule has 5 aromatic carbocycles. The Bertz CT molecular complexity index is 3370. The molecule has 0 saturated carbocycles. The summed E-state index contributed by atoms with van der Waals surface area (Å²) in [5.41, 5.74) is 9.66. The van der Waals surface area contributed by atoms with E-state index in [0.717, 1.165) is 0 Å². The van der Waals surface area contributed by atoms with Crippen LogP contribution >= 0.6 is 31.9 Å². The summed E-state index contributed by atoms with van der Waals surface area (Å²) < 4.78 is 24.6. The van der Waals surface area contributed by atoms with Crippen molar-refractivity contribution in [3.63, 3.8) is 0 Å². The van der Waals surface area contributed by atoms with Crippen LogP contribution in [0.25, 0.3) is 21.9 Å². The summed E-state index contributed by atoms with van der Waals surface area (Å²) in [5.74, 6) is -1.80. The van der Waals surface area contributed by atoms with E-state index in [1.807, 2.05) is 0 Å². The summed E-state index contributed by atoms with van der Waals surface area (Å²) >= 11 is 7.04. The van der Waals surface area contributed by atoms with Crippen molar-refractivity contribution < 1.29 is 27.9 Å². The molecule has 0 bridgehead atoms. The van der Waals surface area contributed by atoms with Crippen molar-refractivity contribution in [2.24, 2.45) is 11.5 Å². The number of nitriles is 2. The van der Waals surface area contributed by atoms with E-state index in [2.05, 4.69) is 44.0 Å². The first-order chi connectivity index (χ1) is 30.9. The number of carbonyl (C=O) groups is 2. The fourth-order valence-electron chi connectivity index (χ4n) is 9.66. The molecule has 64 heavy (non-hydrogen) atoms. The number of carbonyl (C=O) groups excluding carboxylic acids is 2. The number of amides is 2. The molecular formula is C48H26Br2N6O8. The Morgan fingerprint density at radius 3 is 1.34 bits per heavy atom. The highest BCUT2D eigenvalue weighted by molar-refractivity contribution is 9.10. The topological polar surface area (TPSA) is 219 Å². The zero-order valence-electron chi connectivity index (χ0n) is 32.8. The summed E-state index contributed by atoms with van der Waals surface area (Å²) in [6, 6.07) is 35.0. The van der Waals surface area contributed by atoms with Crippen LogP contribution in [-0.4, -0.2) is 11.8 Å². The quantitative estimate of drug-likeness (QED) is 0.167. The number of halogens is 2. The van der Waals surface area contributed by atoms with Crippen molar-refractivity contribution in [2.45, 2.75) is 23.9 Å². The number of hydrogen-bond donors (Lipinski definition) is 2. The average Bonchev–Trinajstić information content (AvgIpc) is 3.64. The maximum atomic E-state index is 15.2. The predicted molar refractivity (Wildman–Crippen MR) is 239 cm³/mol. The largest absolute Gasteiger partial charge is 0.439 e. The molecule has 16 heteroatoms. The van der Waals surface area contributed by atoms with E-state index in [4.69, 9.17) is 29.8 Å². The zero-order valence-corrected chi connectivity index (χ0v) is 35.9. The fourth-order valence-corrected chi connectivity index (χ4v) is 10.4. The third-order valence-electron chi connectivity index (χ3n) is 12.3. The maximum absolute atomic E-state index is 15.2. The first-order valence-electron chi connectivity index (χ1n) is 19.5. The molecule has 4 N–H and O–H groups in total. The summed E-state index contributed by atoms with van der Waals surface area (Å²) in [6.45, 7) is 0.00387. The number of para-hydroxylation sites is 2. The van der Waals surface area contributed by atoms with E-state index in [0.29, 0.717) is 53.3 Å². The second-order valence-electron chi connectivity index (χ2n) is 15.5. The van der Waals surface area contributed by atoms with Crippen LogP contribution in [0.3, 0.4) is 0 Å². The minimum Gasteiger partial charge on any atom is -0.439 e. The van der Waals surface area contributed by atoms with Gasteiger partial charge in [0, 0.05) is 31.4 Å². The van der Waals surface area contributed by atoms with Gasteiger partial charge >= 0.3 is 11.3 Å². The molecule has 14 nitrogen and oxygen atoms in total. The van der Waals surface area contributed by atoms with Crippen LogP contribution in [0.15, 0.2) is 159 Å². The van der Waals surface area contributed by atoms with Crippen LogP contribution in [0.4, 0.5) is 11.4 Å². The molecule has 11 rings (SSSR count). The lowest BCUT2D eigenvalue weighted by atomic mass is 9.69. The number of ether oxygens (including phenoxy) is 2. The minimum atomic E-state index is -2.00. The lowest BCUT2D eigenvalue weighted by Crippen LogP contribution is -2.48. The SMILES string of the molecule is N#CC1=C(N)Oc2c(c(=O)oc3ccccc23)C12C(=O)N(Cc1ccc(CN3C(=O)C4(C(C#N)=C(N)Oc5c4c(=O)oc4ccccc54)c4cc(Br)ccc43)cc1)c1ccc(Br)cc12. The first-order valence-corrected chi connectivity index (χ1v) is 21.1. The number of benzene rings is 5. The van der Waals surface area contributed by atoms with Gasteiger partial charge in [-0.05, 0) is 71.8 Å². The number of hydrogen-bond acceptors (Lipinski definition) is 12. The summed E-state index contributed by atoms with van der Waals surface area (Å²) in [5, 5.41) is 22.0. The molecule has 2 unspecified atom stereocenters. The molecule has 6 heterocycles. The minimum absolute atomic E-state index is 0.00193. The van der Waals surface area contributed by atoms with Gasteiger partial charge in [0.15, 0.2) is 22.3 Å². The van der Waals surface area contributed by atoms with Gasteiger partial charge in [-0.1, -0.05) is 80.4 Å². The first kappa shape index (κ1) is 39.0. The van der Waals surface area contributed by atoms with Crippen LogP contribution in [0.2, 0.25) is 0 Å². The van der Waals surface area contributed by atoms with Crippen molar-refractivity contribution in [1.82, 2.24) is 0 Å². The summed E-state index contributed by atoms with van der Waals surface area (Å²) in [6.07, 6.45) is 0. The van der Waals surface area contributed by atoms with Crippen LogP contribution in [0, 0.1) is 22.7 Å². The molecular weight excluding hydrogens is 948 g/mol. The lowest BCUT2D eigenvalue weighted by Gasteiger charge is -2.33. The van der Waals surface area contributed by atoms with Crippen LogP contribution in [0.1, 0.15) is 33.4 Å². The van der Waals surface area contributed by atoms with Gasteiger partial charge in [-0.25, -0.2) is 9.59 Å². The Morgan fingerprint density at radius 2 is 0.953 bits per heavy atom. The number of rotatable bonds is 4. The number of nitrogens with two attached hydrogens (primary N) is 2. The molecule has 0 fully saturated rings. The van der Waals surface area contributed by atoms with E-state index in [1.54, 1.807) is 109 Å². The number of nitrogens with zero attached hydrogens (tertiary/aromatic N) is 4. The van der Waals surface area contributed by atoms with E-state index < -0.39 is 33.9 Å². The highest BCUT2D eigenvalue weighted by Crippen LogP contribution is 2.58. The zero-order chi connectivity index (χ0) is 44.4. The number of anilines is 2. The Labute approximate surface area is 377 Å². The number of fused-ring (bicyclic) bond motifs is 12. The molecule has 7 aromatic rings. The van der Waals surface area contributed by atoms with Gasteiger partial charge in [-0.15, -0.1) is 0 Å². The van der Waals surface area contributed by atoms with Crippen LogP contribution in [-0.2, 0) is 33.5 Å². The van der Waals surface area contributed by atoms with Crippen molar-refractivity contribution in [2.75, 3.05) is 9.80 Å². The Kier molecular flexibility index (Phi) is 8.40. The normalized spacial score (nSPS) is 19.4. The van der Waals surface area contributed by atoms with Crippen LogP contribution in [0.5, 0.6) is 11.5 Å². The van der Waals surface area contributed by atoms with Crippen molar-refractivity contribution in [3.8, 4) is 23.6 Å². The van der Waals surface area contributed by atoms with Gasteiger partial charge in [0.25, 0.3) is 0 Å². The molecule has 310 valence electrons. The molecule has 4 aliphatic rings. The molecule has 2 aromatic heterocycles. The van der Waals surface area contributed by atoms with Gasteiger partial charge in [0.2, 0.25) is 23.6 Å².